The van der Waals surface area contributed by atoms with Crippen molar-refractivity contribution in [3.8, 4) is 11.3 Å². The summed E-state index contributed by atoms with van der Waals surface area (Å²) in [5, 5.41) is 0. The largest absolute Gasteiger partial charge is 0.416 e. The minimum atomic E-state index is -4.46. The van der Waals surface area contributed by atoms with E-state index in [1.807, 2.05) is 77.7 Å². The normalized spacial score (nSPS) is 14.3. The third-order valence-corrected chi connectivity index (χ3v) is 9.93. The maximum Gasteiger partial charge on any atom is 0.416 e. The molecule has 0 radical (unpaired) electrons. The fourth-order valence-electron chi connectivity index (χ4n) is 6.63. The molecule has 0 saturated carbocycles. The van der Waals surface area contributed by atoms with E-state index in [1.165, 1.54) is 41.0 Å². The number of carbonyl (C=O) groups is 2. The molecular formula is C44H43F3N4O2. The van der Waals surface area contributed by atoms with Crippen LogP contribution in [0.25, 0.3) is 17.3 Å². The average molecular weight is 717 g/mol. The number of rotatable bonds is 11. The van der Waals surface area contributed by atoms with Gasteiger partial charge in [-0.2, -0.15) is 13.2 Å². The van der Waals surface area contributed by atoms with Crippen molar-refractivity contribution in [1.29, 1.82) is 0 Å². The van der Waals surface area contributed by atoms with Crippen LogP contribution >= 0.6 is 0 Å². The van der Waals surface area contributed by atoms with Crippen molar-refractivity contribution in [2.45, 2.75) is 45.6 Å². The summed E-state index contributed by atoms with van der Waals surface area (Å²) in [5.74, 6) is -0.553. The molecule has 5 aromatic rings. The van der Waals surface area contributed by atoms with Crippen molar-refractivity contribution in [3.05, 3.63) is 166 Å². The summed E-state index contributed by atoms with van der Waals surface area (Å²) in [5.41, 5.74) is 6.96. The molecule has 0 bridgehead atoms. The number of carbonyl (C=O) groups excluding carboxylic acids is 2. The molecule has 9 heteroatoms. The second-order valence-corrected chi connectivity index (χ2v) is 13.5. The van der Waals surface area contributed by atoms with E-state index < -0.39 is 23.7 Å². The van der Waals surface area contributed by atoms with Crippen LogP contribution in [0, 0.1) is 13.8 Å². The number of hydrogen-bond donors (Lipinski definition) is 0. The molecule has 53 heavy (non-hydrogen) atoms. The van der Waals surface area contributed by atoms with Crippen LogP contribution in [-0.2, 0) is 35.3 Å². The Balaban J connectivity index is 1.27. The standard InChI is InChI=1S/C44H43F3N4O2/c1-32-9-8-12-38(33(32)2)31-49-25-27-50(28-26-49)43(53)41(29-35-10-4-3-5-11-35)51(30-36-14-19-37(20-15-36)40-13-6-7-24-48-40)42(52)23-18-34-16-21-39(22-17-34)44(45,46)47/h3-24,41H,25-31H2,1-2H3/b23-18+/t41-/m0/s1. The van der Waals surface area contributed by atoms with Gasteiger partial charge in [-0.15, -0.1) is 0 Å². The number of pyridine rings is 1. The molecule has 1 atom stereocenters. The lowest BCUT2D eigenvalue weighted by molar-refractivity contribution is -0.145. The first-order valence-corrected chi connectivity index (χ1v) is 17.8. The van der Waals surface area contributed by atoms with Gasteiger partial charge in [0.15, 0.2) is 0 Å². The second-order valence-electron chi connectivity index (χ2n) is 13.5. The van der Waals surface area contributed by atoms with Crippen LogP contribution in [0.1, 0.15) is 38.9 Å². The molecule has 1 saturated heterocycles. The number of aromatic nitrogens is 1. The SMILES string of the molecule is Cc1cccc(CN2CCN(C(=O)[C@H](Cc3ccccc3)N(Cc3ccc(-c4ccccn4)cc3)C(=O)/C=C/c3ccc(C(F)(F)F)cc3)CC2)c1C. The Morgan fingerprint density at radius 3 is 2.15 bits per heavy atom. The van der Waals surface area contributed by atoms with Crippen LogP contribution in [0.2, 0.25) is 0 Å². The highest BCUT2D eigenvalue weighted by molar-refractivity contribution is 5.95. The van der Waals surface area contributed by atoms with Crippen LogP contribution in [0.15, 0.2) is 128 Å². The smallest absolute Gasteiger partial charge is 0.338 e. The zero-order valence-electron chi connectivity index (χ0n) is 30.0. The number of piperazine rings is 1. The molecule has 0 aliphatic carbocycles. The van der Waals surface area contributed by atoms with Gasteiger partial charge in [0.1, 0.15) is 6.04 Å². The summed E-state index contributed by atoms with van der Waals surface area (Å²) < 4.78 is 39.6. The first-order valence-electron chi connectivity index (χ1n) is 17.8. The predicted octanol–water partition coefficient (Wildman–Crippen LogP) is 8.38. The van der Waals surface area contributed by atoms with Gasteiger partial charge < -0.3 is 9.80 Å². The fraction of sp³-hybridized carbons (Fsp3) is 0.250. The lowest BCUT2D eigenvalue weighted by Gasteiger charge is -2.39. The van der Waals surface area contributed by atoms with Crippen LogP contribution in [-0.4, -0.2) is 63.7 Å². The Kier molecular flexibility index (Phi) is 11.8. The summed E-state index contributed by atoms with van der Waals surface area (Å²) in [6.07, 6.45) is 0.412. The number of hydrogen-bond acceptors (Lipinski definition) is 4. The third-order valence-electron chi connectivity index (χ3n) is 9.93. The van der Waals surface area contributed by atoms with Crippen LogP contribution in [0.4, 0.5) is 13.2 Å². The quantitative estimate of drug-likeness (QED) is 0.129. The summed E-state index contributed by atoms with van der Waals surface area (Å²) >= 11 is 0. The molecule has 1 aliphatic heterocycles. The van der Waals surface area contributed by atoms with E-state index in [1.54, 1.807) is 11.1 Å². The molecular weight excluding hydrogens is 674 g/mol. The first kappa shape index (κ1) is 37.2. The summed E-state index contributed by atoms with van der Waals surface area (Å²) in [6, 6.07) is 33.2. The molecule has 6 rings (SSSR count). The second kappa shape index (κ2) is 16.9. The van der Waals surface area contributed by atoms with Gasteiger partial charge in [-0.25, -0.2) is 0 Å². The fourth-order valence-corrected chi connectivity index (χ4v) is 6.63. The van der Waals surface area contributed by atoms with E-state index in [0.717, 1.165) is 41.1 Å². The monoisotopic (exact) mass is 716 g/mol. The van der Waals surface area contributed by atoms with Gasteiger partial charge >= 0.3 is 6.18 Å². The molecule has 272 valence electrons. The topological polar surface area (TPSA) is 56.8 Å². The molecule has 0 spiro atoms. The molecule has 2 amide bonds. The van der Waals surface area contributed by atoms with Crippen molar-refractivity contribution in [2.75, 3.05) is 26.2 Å². The van der Waals surface area contributed by atoms with Crippen molar-refractivity contribution >= 4 is 17.9 Å². The van der Waals surface area contributed by atoms with Crippen LogP contribution in [0.5, 0.6) is 0 Å². The van der Waals surface area contributed by atoms with Crippen molar-refractivity contribution in [3.63, 3.8) is 0 Å². The van der Waals surface area contributed by atoms with Gasteiger partial charge in [0.2, 0.25) is 11.8 Å². The van der Waals surface area contributed by atoms with Gasteiger partial charge in [0, 0.05) is 63.5 Å². The first-order chi connectivity index (χ1) is 25.5. The highest BCUT2D eigenvalue weighted by Crippen LogP contribution is 2.29. The van der Waals surface area contributed by atoms with E-state index in [4.69, 9.17) is 0 Å². The van der Waals surface area contributed by atoms with Crippen molar-refractivity contribution < 1.29 is 22.8 Å². The molecule has 1 aliphatic rings. The Labute approximate surface area is 309 Å². The lowest BCUT2D eigenvalue weighted by Crippen LogP contribution is -2.56. The van der Waals surface area contributed by atoms with E-state index in [-0.39, 0.29) is 12.5 Å². The highest BCUT2D eigenvalue weighted by Gasteiger charge is 2.34. The van der Waals surface area contributed by atoms with Gasteiger partial charge in [0.25, 0.3) is 0 Å². The zero-order valence-corrected chi connectivity index (χ0v) is 30.0. The maximum atomic E-state index is 14.6. The molecule has 0 unspecified atom stereocenters. The van der Waals surface area contributed by atoms with Crippen LogP contribution in [0.3, 0.4) is 0 Å². The Morgan fingerprint density at radius 1 is 0.792 bits per heavy atom. The van der Waals surface area contributed by atoms with Crippen LogP contribution < -0.4 is 0 Å². The summed E-state index contributed by atoms with van der Waals surface area (Å²) in [6.45, 7) is 7.66. The minimum Gasteiger partial charge on any atom is -0.338 e. The molecule has 1 fully saturated rings. The Morgan fingerprint density at radius 2 is 1.49 bits per heavy atom. The number of alkyl halides is 3. The lowest BCUT2D eigenvalue weighted by atomic mass is 10.0. The van der Waals surface area contributed by atoms with Crippen molar-refractivity contribution in [1.82, 2.24) is 19.7 Å². The number of benzene rings is 4. The van der Waals surface area contributed by atoms with Gasteiger partial charge in [0.05, 0.1) is 11.3 Å². The van der Waals surface area contributed by atoms with E-state index >= 15 is 0 Å². The maximum absolute atomic E-state index is 14.6. The summed E-state index contributed by atoms with van der Waals surface area (Å²) in [7, 11) is 0. The minimum absolute atomic E-state index is 0.137. The predicted molar refractivity (Wildman–Crippen MR) is 202 cm³/mol. The zero-order chi connectivity index (χ0) is 37.4. The van der Waals surface area contributed by atoms with Gasteiger partial charge in [-0.3, -0.25) is 19.5 Å². The molecule has 2 heterocycles. The molecule has 6 nitrogen and oxygen atoms in total. The van der Waals surface area contributed by atoms with E-state index in [0.29, 0.717) is 38.2 Å². The highest BCUT2D eigenvalue weighted by atomic mass is 19.4. The molecule has 1 aromatic heterocycles. The molecule has 0 N–H and O–H groups in total. The number of aryl methyl sites for hydroxylation is 1. The van der Waals surface area contributed by atoms with E-state index in [2.05, 4.69) is 41.9 Å². The molecule has 4 aromatic carbocycles. The number of amides is 2. The third kappa shape index (κ3) is 9.67. The van der Waals surface area contributed by atoms with Gasteiger partial charge in [-0.05, 0) is 77.6 Å². The Hall–Kier alpha value is -5.54. The van der Waals surface area contributed by atoms with E-state index in [9.17, 15) is 22.8 Å². The van der Waals surface area contributed by atoms with Crippen molar-refractivity contribution in [2.24, 2.45) is 0 Å². The summed E-state index contributed by atoms with van der Waals surface area (Å²) in [4.78, 5) is 39.1. The number of halogens is 3. The Bertz CT molecular complexity index is 2010. The average Bonchev–Trinajstić information content (AvgIpc) is 3.18. The van der Waals surface area contributed by atoms with Gasteiger partial charge in [-0.1, -0.05) is 91.0 Å². The number of nitrogens with zero attached hydrogens (tertiary/aromatic N) is 4.